The molecule has 0 spiro atoms. The first kappa shape index (κ1) is 14.1. The number of hydrogen-bond donors (Lipinski definition) is 1. The van der Waals surface area contributed by atoms with Crippen molar-refractivity contribution in [3.63, 3.8) is 0 Å². The van der Waals surface area contributed by atoms with Crippen molar-refractivity contribution in [3.8, 4) is 0 Å². The third-order valence-corrected chi connectivity index (χ3v) is 2.91. The van der Waals surface area contributed by atoms with E-state index >= 15 is 0 Å². The zero-order valence-electron chi connectivity index (χ0n) is 11.7. The van der Waals surface area contributed by atoms with E-state index in [2.05, 4.69) is 29.1 Å². The molecule has 96 valence electrons. The predicted molar refractivity (Wildman–Crippen MR) is 68.9 cm³/mol. The van der Waals surface area contributed by atoms with Gasteiger partial charge in [0, 0.05) is 30.6 Å². The van der Waals surface area contributed by atoms with Crippen LogP contribution in [0.5, 0.6) is 0 Å². The summed E-state index contributed by atoms with van der Waals surface area (Å²) < 4.78 is 5.47. The fourth-order valence-electron chi connectivity index (χ4n) is 2.00. The van der Waals surface area contributed by atoms with Crippen LogP contribution in [-0.2, 0) is 11.3 Å². The lowest BCUT2D eigenvalue weighted by Gasteiger charge is -2.19. The normalized spacial score (nSPS) is 13.1. The molecular weight excluding hydrogens is 214 g/mol. The summed E-state index contributed by atoms with van der Waals surface area (Å²) in [4.78, 5) is 9.14. The van der Waals surface area contributed by atoms with Crippen molar-refractivity contribution < 1.29 is 4.74 Å². The molecule has 17 heavy (non-hydrogen) atoms. The lowest BCUT2D eigenvalue weighted by Crippen LogP contribution is -2.17. The van der Waals surface area contributed by atoms with Crippen molar-refractivity contribution in [1.29, 1.82) is 0 Å². The van der Waals surface area contributed by atoms with E-state index in [0.29, 0.717) is 5.92 Å². The summed E-state index contributed by atoms with van der Waals surface area (Å²) in [7, 11) is 3.64. The zero-order valence-corrected chi connectivity index (χ0v) is 11.7. The van der Waals surface area contributed by atoms with Crippen LogP contribution in [0.15, 0.2) is 0 Å². The van der Waals surface area contributed by atoms with E-state index in [0.717, 1.165) is 23.8 Å². The molecule has 1 heterocycles. The number of methoxy groups -OCH3 is 1. The van der Waals surface area contributed by atoms with Gasteiger partial charge in [-0.15, -0.1) is 0 Å². The van der Waals surface area contributed by atoms with Gasteiger partial charge in [0.05, 0.1) is 0 Å². The van der Waals surface area contributed by atoms with Crippen LogP contribution in [0.3, 0.4) is 0 Å². The monoisotopic (exact) mass is 237 g/mol. The molecule has 1 N–H and O–H groups in total. The molecule has 0 aromatic carbocycles. The first-order chi connectivity index (χ1) is 8.01. The fraction of sp³-hybridized carbons (Fsp3) is 0.692. The first-order valence-electron chi connectivity index (χ1n) is 6.02. The number of nitrogens with zero attached hydrogens (tertiary/aromatic N) is 2. The van der Waals surface area contributed by atoms with Gasteiger partial charge in [0.25, 0.3) is 0 Å². The van der Waals surface area contributed by atoms with Gasteiger partial charge in [-0.1, -0.05) is 13.8 Å². The van der Waals surface area contributed by atoms with Crippen LogP contribution < -0.4 is 5.32 Å². The Morgan fingerprint density at radius 2 is 1.71 bits per heavy atom. The van der Waals surface area contributed by atoms with Gasteiger partial charge in [0.15, 0.2) is 5.82 Å². The molecule has 1 aromatic heterocycles. The van der Waals surface area contributed by atoms with Crippen molar-refractivity contribution in [2.75, 3.05) is 14.2 Å². The van der Waals surface area contributed by atoms with E-state index < -0.39 is 0 Å². The highest BCUT2D eigenvalue weighted by molar-refractivity contribution is 5.24. The molecule has 1 atom stereocenters. The molecule has 0 saturated carbocycles. The smallest absolute Gasteiger partial charge is 0.157 e. The fourth-order valence-corrected chi connectivity index (χ4v) is 2.00. The summed E-state index contributed by atoms with van der Waals surface area (Å²) >= 11 is 0. The summed E-state index contributed by atoms with van der Waals surface area (Å²) in [5, 5.41) is 3.14. The molecule has 0 aliphatic heterocycles. The third kappa shape index (κ3) is 3.23. The van der Waals surface area contributed by atoms with Gasteiger partial charge in [-0.05, 0) is 26.8 Å². The maximum atomic E-state index is 5.47. The van der Waals surface area contributed by atoms with Gasteiger partial charge in [-0.2, -0.15) is 0 Å². The van der Waals surface area contributed by atoms with Crippen LogP contribution in [0.1, 0.15) is 42.7 Å². The Morgan fingerprint density at radius 3 is 2.06 bits per heavy atom. The molecule has 1 aromatic rings. The van der Waals surface area contributed by atoms with Gasteiger partial charge in [0.2, 0.25) is 0 Å². The molecule has 1 rings (SSSR count). The molecule has 1 unspecified atom stereocenters. The van der Waals surface area contributed by atoms with Crippen molar-refractivity contribution >= 4 is 0 Å². The highest BCUT2D eigenvalue weighted by Gasteiger charge is 2.20. The average Bonchev–Trinajstić information content (AvgIpc) is 2.24. The second-order valence-corrected chi connectivity index (χ2v) is 4.66. The van der Waals surface area contributed by atoms with Gasteiger partial charge in [0.1, 0.15) is 6.10 Å². The SMILES string of the molecule is CNCc1c(C)nc(C(OC)C(C)C)nc1C. The van der Waals surface area contributed by atoms with Gasteiger partial charge < -0.3 is 10.1 Å². The van der Waals surface area contributed by atoms with Crippen molar-refractivity contribution in [2.45, 2.75) is 40.3 Å². The predicted octanol–water partition coefficient (Wildman–Crippen LogP) is 2.16. The lowest BCUT2D eigenvalue weighted by atomic mass is 10.1. The Morgan fingerprint density at radius 1 is 1.18 bits per heavy atom. The van der Waals surface area contributed by atoms with Gasteiger partial charge in [-0.3, -0.25) is 0 Å². The average molecular weight is 237 g/mol. The van der Waals surface area contributed by atoms with Crippen molar-refractivity contribution in [1.82, 2.24) is 15.3 Å². The van der Waals surface area contributed by atoms with E-state index in [9.17, 15) is 0 Å². The minimum atomic E-state index is -0.0314. The summed E-state index contributed by atoms with van der Waals surface area (Å²) in [6.45, 7) is 9.08. The zero-order chi connectivity index (χ0) is 13.0. The molecule has 4 nitrogen and oxygen atoms in total. The molecular formula is C13H23N3O. The molecule has 0 bridgehead atoms. The maximum Gasteiger partial charge on any atom is 0.157 e. The minimum absolute atomic E-state index is 0.0314. The Kier molecular flexibility index (Phi) is 5.02. The number of nitrogens with one attached hydrogen (secondary N) is 1. The van der Waals surface area contributed by atoms with E-state index in [1.165, 1.54) is 5.56 Å². The summed E-state index contributed by atoms with van der Waals surface area (Å²) in [6.07, 6.45) is -0.0314. The van der Waals surface area contributed by atoms with Crippen LogP contribution in [0.2, 0.25) is 0 Å². The molecule has 0 aliphatic rings. The summed E-state index contributed by atoms with van der Waals surface area (Å²) in [5.41, 5.74) is 3.24. The minimum Gasteiger partial charge on any atom is -0.373 e. The largest absolute Gasteiger partial charge is 0.373 e. The van der Waals surface area contributed by atoms with E-state index in [-0.39, 0.29) is 6.10 Å². The highest BCUT2D eigenvalue weighted by Crippen LogP contribution is 2.23. The van der Waals surface area contributed by atoms with Crippen LogP contribution in [0.25, 0.3) is 0 Å². The van der Waals surface area contributed by atoms with Crippen LogP contribution in [-0.4, -0.2) is 24.1 Å². The summed E-state index contributed by atoms with van der Waals surface area (Å²) in [6, 6.07) is 0. The van der Waals surface area contributed by atoms with E-state index in [1.807, 2.05) is 20.9 Å². The number of rotatable bonds is 5. The quantitative estimate of drug-likeness (QED) is 0.852. The van der Waals surface area contributed by atoms with E-state index in [4.69, 9.17) is 4.74 Å². The van der Waals surface area contributed by atoms with Gasteiger partial charge in [-0.25, -0.2) is 9.97 Å². The van der Waals surface area contributed by atoms with Crippen LogP contribution >= 0.6 is 0 Å². The number of ether oxygens (including phenoxy) is 1. The molecule has 0 amide bonds. The van der Waals surface area contributed by atoms with E-state index in [1.54, 1.807) is 7.11 Å². The lowest BCUT2D eigenvalue weighted by molar-refractivity contribution is 0.0571. The second-order valence-electron chi connectivity index (χ2n) is 4.66. The number of aromatic nitrogens is 2. The standard InChI is InChI=1S/C13H23N3O/c1-8(2)12(17-6)13-15-9(3)11(7-14-5)10(4)16-13/h8,12,14H,7H2,1-6H3. The van der Waals surface area contributed by atoms with Gasteiger partial charge >= 0.3 is 0 Å². The highest BCUT2D eigenvalue weighted by atomic mass is 16.5. The third-order valence-electron chi connectivity index (χ3n) is 2.91. The molecule has 0 saturated heterocycles. The number of hydrogen-bond acceptors (Lipinski definition) is 4. The van der Waals surface area contributed by atoms with Crippen molar-refractivity contribution in [2.24, 2.45) is 5.92 Å². The Bertz CT molecular complexity index is 354. The number of aryl methyl sites for hydroxylation is 2. The Labute approximate surface area is 104 Å². The molecule has 4 heteroatoms. The molecule has 0 fully saturated rings. The topological polar surface area (TPSA) is 47.0 Å². The Balaban J connectivity index is 3.12. The first-order valence-corrected chi connectivity index (χ1v) is 6.02. The molecule has 0 radical (unpaired) electrons. The van der Waals surface area contributed by atoms with Crippen molar-refractivity contribution in [3.05, 3.63) is 22.8 Å². The Hall–Kier alpha value is -1.00. The van der Waals surface area contributed by atoms with Crippen LogP contribution in [0, 0.1) is 19.8 Å². The maximum absolute atomic E-state index is 5.47. The van der Waals surface area contributed by atoms with Crippen LogP contribution in [0.4, 0.5) is 0 Å². The second kappa shape index (κ2) is 6.07. The summed E-state index contributed by atoms with van der Waals surface area (Å²) in [5.74, 6) is 1.16. The molecule has 0 aliphatic carbocycles.